The number of rotatable bonds is 2. The highest BCUT2D eigenvalue weighted by molar-refractivity contribution is 5.98. The van der Waals surface area contributed by atoms with Crippen LogP contribution in [0.1, 0.15) is 23.0 Å². The second kappa shape index (κ2) is 5.59. The van der Waals surface area contributed by atoms with Crippen LogP contribution in [0.3, 0.4) is 0 Å². The first kappa shape index (κ1) is 13.1. The highest BCUT2D eigenvalue weighted by Gasteiger charge is 2.10. The molecule has 0 saturated heterocycles. The van der Waals surface area contributed by atoms with Crippen LogP contribution in [0.5, 0.6) is 0 Å². The van der Waals surface area contributed by atoms with Gasteiger partial charge in [-0.25, -0.2) is 9.97 Å². The molecular weight excluding hydrogens is 262 g/mol. The molecular formula is C17H13N3O. The Kier molecular flexibility index (Phi) is 3.48. The lowest BCUT2D eigenvalue weighted by Gasteiger charge is -2.03. The van der Waals surface area contributed by atoms with E-state index in [4.69, 9.17) is 0 Å². The normalized spacial score (nSPS) is 10.1. The van der Waals surface area contributed by atoms with E-state index in [9.17, 15) is 4.79 Å². The first-order valence-corrected chi connectivity index (χ1v) is 6.59. The zero-order valence-electron chi connectivity index (χ0n) is 11.6. The molecule has 3 rings (SSSR count). The van der Waals surface area contributed by atoms with E-state index in [0.29, 0.717) is 12.2 Å². The number of benzene rings is 1. The maximum Gasteiger partial charge on any atom is 0.176 e. The monoisotopic (exact) mass is 275 g/mol. The summed E-state index contributed by atoms with van der Waals surface area (Å²) >= 11 is 0. The lowest BCUT2D eigenvalue weighted by Crippen LogP contribution is -2.05. The van der Waals surface area contributed by atoms with Gasteiger partial charge in [-0.15, -0.1) is 0 Å². The number of hydrogen-bond donors (Lipinski definition) is 0. The van der Waals surface area contributed by atoms with Crippen molar-refractivity contribution in [2.24, 2.45) is 0 Å². The van der Waals surface area contributed by atoms with Crippen molar-refractivity contribution in [3.63, 3.8) is 0 Å². The van der Waals surface area contributed by atoms with E-state index in [-0.39, 0.29) is 5.78 Å². The molecule has 0 atom stereocenters. The van der Waals surface area contributed by atoms with Gasteiger partial charge in [-0.3, -0.25) is 4.79 Å². The van der Waals surface area contributed by atoms with Crippen LogP contribution in [0, 0.1) is 11.8 Å². The topological polar surface area (TPSA) is 47.8 Å². The maximum atomic E-state index is 11.8. The number of carbonyl (C=O) groups is 1. The van der Waals surface area contributed by atoms with E-state index in [2.05, 4.69) is 21.8 Å². The Balaban J connectivity index is 1.98. The molecule has 102 valence electrons. The summed E-state index contributed by atoms with van der Waals surface area (Å²) in [5.41, 5.74) is 2.45. The molecule has 0 spiro atoms. The van der Waals surface area contributed by atoms with Crippen molar-refractivity contribution in [2.75, 3.05) is 0 Å². The highest BCUT2D eigenvalue weighted by atomic mass is 16.1. The summed E-state index contributed by atoms with van der Waals surface area (Å²) in [6, 6.07) is 9.82. The SMILES string of the molecule is CC(=O)c1cc2ccccc2n1CC#Cc1cncnc1. The van der Waals surface area contributed by atoms with Gasteiger partial charge in [-0.1, -0.05) is 30.0 Å². The Bertz CT molecular complexity index is 854. The van der Waals surface area contributed by atoms with Crippen LogP contribution in [0.2, 0.25) is 0 Å². The molecule has 21 heavy (non-hydrogen) atoms. The van der Waals surface area contributed by atoms with Crippen LogP contribution >= 0.6 is 0 Å². The Labute approximate surface area is 122 Å². The standard InChI is InChI=1S/C17H13N3O/c1-13(21)17-9-15-6-2-3-7-16(15)20(17)8-4-5-14-10-18-12-19-11-14/h2-3,6-7,9-12H,8H2,1H3. The molecule has 0 bridgehead atoms. The minimum Gasteiger partial charge on any atom is -0.326 e. The third-order valence-electron chi connectivity index (χ3n) is 3.20. The van der Waals surface area contributed by atoms with Gasteiger partial charge >= 0.3 is 0 Å². The van der Waals surface area contributed by atoms with Gasteiger partial charge in [0.25, 0.3) is 0 Å². The van der Waals surface area contributed by atoms with Crippen molar-refractivity contribution in [1.82, 2.24) is 14.5 Å². The molecule has 0 fully saturated rings. The largest absolute Gasteiger partial charge is 0.326 e. The van der Waals surface area contributed by atoms with Crippen molar-refractivity contribution in [3.8, 4) is 11.8 Å². The zero-order valence-corrected chi connectivity index (χ0v) is 11.6. The second-order valence-electron chi connectivity index (χ2n) is 4.66. The lowest BCUT2D eigenvalue weighted by molar-refractivity contribution is 0.101. The third kappa shape index (κ3) is 2.67. The quantitative estimate of drug-likeness (QED) is 0.533. The molecule has 0 aliphatic rings. The fraction of sp³-hybridized carbons (Fsp3) is 0.118. The smallest absolute Gasteiger partial charge is 0.176 e. The van der Waals surface area contributed by atoms with Crippen molar-refractivity contribution >= 4 is 16.7 Å². The van der Waals surface area contributed by atoms with Crippen molar-refractivity contribution < 1.29 is 4.79 Å². The van der Waals surface area contributed by atoms with E-state index in [1.807, 2.05) is 34.9 Å². The number of fused-ring (bicyclic) bond motifs is 1. The summed E-state index contributed by atoms with van der Waals surface area (Å²) in [6.45, 7) is 2.03. The van der Waals surface area contributed by atoms with Crippen molar-refractivity contribution in [2.45, 2.75) is 13.5 Å². The molecule has 0 aliphatic carbocycles. The molecule has 2 heterocycles. The van der Waals surface area contributed by atoms with Gasteiger partial charge in [0.1, 0.15) is 6.33 Å². The first-order valence-electron chi connectivity index (χ1n) is 6.59. The number of Topliss-reactive ketones (excluding diaryl/α,β-unsaturated/α-hetero) is 1. The first-order chi connectivity index (χ1) is 10.3. The summed E-state index contributed by atoms with van der Waals surface area (Å²) < 4.78 is 1.94. The van der Waals surface area contributed by atoms with E-state index in [0.717, 1.165) is 16.5 Å². The molecule has 4 nitrogen and oxygen atoms in total. The average Bonchev–Trinajstić information content (AvgIpc) is 2.88. The van der Waals surface area contributed by atoms with Crippen molar-refractivity contribution in [1.29, 1.82) is 0 Å². The Morgan fingerprint density at radius 2 is 2.00 bits per heavy atom. The Morgan fingerprint density at radius 3 is 2.76 bits per heavy atom. The van der Waals surface area contributed by atoms with Crippen LogP contribution in [0.4, 0.5) is 0 Å². The van der Waals surface area contributed by atoms with Gasteiger partial charge in [0.2, 0.25) is 0 Å². The molecule has 2 aromatic heterocycles. The third-order valence-corrected chi connectivity index (χ3v) is 3.20. The van der Waals surface area contributed by atoms with E-state index >= 15 is 0 Å². The van der Waals surface area contributed by atoms with Crippen molar-refractivity contribution in [3.05, 3.63) is 60.3 Å². The summed E-state index contributed by atoms with van der Waals surface area (Å²) in [4.78, 5) is 19.6. The summed E-state index contributed by atoms with van der Waals surface area (Å²) in [5, 5.41) is 1.05. The van der Waals surface area contributed by atoms with Crippen LogP contribution in [0.15, 0.2) is 49.1 Å². The highest BCUT2D eigenvalue weighted by Crippen LogP contribution is 2.19. The Hall–Kier alpha value is -2.93. The molecule has 0 amide bonds. The Morgan fingerprint density at radius 1 is 1.24 bits per heavy atom. The summed E-state index contributed by atoms with van der Waals surface area (Å²) in [6.07, 6.45) is 4.80. The molecule has 0 saturated carbocycles. The number of hydrogen-bond acceptors (Lipinski definition) is 3. The van der Waals surface area contributed by atoms with Gasteiger partial charge in [0, 0.05) is 30.2 Å². The minimum absolute atomic E-state index is 0.0380. The van der Waals surface area contributed by atoms with Crippen LogP contribution < -0.4 is 0 Å². The number of nitrogens with zero attached hydrogens (tertiary/aromatic N) is 3. The van der Waals surface area contributed by atoms with Crippen LogP contribution in [-0.2, 0) is 6.54 Å². The van der Waals surface area contributed by atoms with E-state index in [1.165, 1.54) is 6.33 Å². The maximum absolute atomic E-state index is 11.8. The molecule has 0 unspecified atom stereocenters. The molecule has 0 radical (unpaired) electrons. The number of ketones is 1. The molecule has 1 aromatic carbocycles. The lowest BCUT2D eigenvalue weighted by atomic mass is 10.2. The van der Waals surface area contributed by atoms with E-state index in [1.54, 1.807) is 19.3 Å². The zero-order chi connectivity index (χ0) is 14.7. The fourth-order valence-corrected chi connectivity index (χ4v) is 2.26. The molecule has 0 aliphatic heterocycles. The van der Waals surface area contributed by atoms with Gasteiger partial charge < -0.3 is 4.57 Å². The summed E-state index contributed by atoms with van der Waals surface area (Å²) in [7, 11) is 0. The van der Waals surface area contributed by atoms with E-state index < -0.39 is 0 Å². The number of para-hydroxylation sites is 1. The predicted molar refractivity (Wildman–Crippen MR) is 80.9 cm³/mol. The molecule has 0 N–H and O–H groups in total. The molecule has 3 aromatic rings. The van der Waals surface area contributed by atoms with Gasteiger partial charge in [-0.05, 0) is 12.1 Å². The second-order valence-corrected chi connectivity index (χ2v) is 4.66. The van der Waals surface area contributed by atoms with Crippen LogP contribution in [-0.4, -0.2) is 20.3 Å². The molecule has 4 heteroatoms. The minimum atomic E-state index is 0.0380. The van der Waals surface area contributed by atoms with Gasteiger partial charge in [0.05, 0.1) is 17.8 Å². The average molecular weight is 275 g/mol. The number of carbonyl (C=O) groups excluding carboxylic acids is 1. The fourth-order valence-electron chi connectivity index (χ4n) is 2.26. The van der Waals surface area contributed by atoms with Crippen LogP contribution in [0.25, 0.3) is 10.9 Å². The van der Waals surface area contributed by atoms with Gasteiger partial charge in [0.15, 0.2) is 5.78 Å². The van der Waals surface area contributed by atoms with Gasteiger partial charge in [-0.2, -0.15) is 0 Å². The summed E-state index contributed by atoms with van der Waals surface area (Å²) in [5.74, 6) is 6.12. The number of aromatic nitrogens is 3. The predicted octanol–water partition coefficient (Wildman–Crippen LogP) is 2.69.